The van der Waals surface area contributed by atoms with Gasteiger partial charge < -0.3 is 14.9 Å². The number of aromatic hydroxyl groups is 1. The largest absolute Gasteiger partial charge is 0.504 e. The van der Waals surface area contributed by atoms with E-state index < -0.39 is 0 Å². The molecule has 2 N–H and O–H groups in total. The molecule has 2 rings (SSSR count). The van der Waals surface area contributed by atoms with Crippen molar-refractivity contribution >= 4 is 0 Å². The van der Waals surface area contributed by atoms with Crippen molar-refractivity contribution in [1.82, 2.24) is 4.90 Å². The summed E-state index contributed by atoms with van der Waals surface area (Å²) in [4.78, 5) is 2.17. The van der Waals surface area contributed by atoms with Crippen molar-refractivity contribution in [2.24, 2.45) is 0 Å². The van der Waals surface area contributed by atoms with Gasteiger partial charge in [-0.15, -0.1) is 0 Å². The lowest BCUT2D eigenvalue weighted by Crippen LogP contribution is -2.25. The molecule has 1 atom stereocenters. The standard InChI is InChI=1S/C18H23NO3/c1-19(13-14-8-9-18(22-2)17(21)12-14)16(10-11-20)15-6-4-3-5-7-15/h3-9,12,16,20-21H,10-11,13H2,1-2H3. The summed E-state index contributed by atoms with van der Waals surface area (Å²) in [6.07, 6.45) is 0.669. The molecule has 0 bridgehead atoms. The van der Waals surface area contributed by atoms with Gasteiger partial charge in [-0.05, 0) is 36.7 Å². The molecule has 118 valence electrons. The Morgan fingerprint density at radius 1 is 1.14 bits per heavy atom. The van der Waals surface area contributed by atoms with Crippen molar-refractivity contribution in [3.8, 4) is 11.5 Å². The normalized spacial score (nSPS) is 12.4. The van der Waals surface area contributed by atoms with Crippen LogP contribution in [0.5, 0.6) is 11.5 Å². The molecule has 0 radical (unpaired) electrons. The molecule has 0 saturated heterocycles. The second-order valence-electron chi connectivity index (χ2n) is 5.36. The maximum Gasteiger partial charge on any atom is 0.160 e. The summed E-state index contributed by atoms with van der Waals surface area (Å²) in [5.74, 6) is 0.619. The molecule has 0 amide bonds. The number of hydrogen-bond acceptors (Lipinski definition) is 4. The molecular formula is C18H23NO3. The predicted octanol–water partition coefficient (Wildman–Crippen LogP) is 2.96. The van der Waals surface area contributed by atoms with Crippen LogP contribution in [-0.4, -0.2) is 35.9 Å². The Labute approximate surface area is 131 Å². The third-order valence-electron chi connectivity index (χ3n) is 3.79. The van der Waals surface area contributed by atoms with Crippen molar-refractivity contribution in [3.63, 3.8) is 0 Å². The maximum absolute atomic E-state index is 9.88. The number of rotatable bonds is 7. The first-order valence-electron chi connectivity index (χ1n) is 7.37. The van der Waals surface area contributed by atoms with E-state index in [1.54, 1.807) is 12.1 Å². The Morgan fingerprint density at radius 3 is 2.45 bits per heavy atom. The molecule has 4 nitrogen and oxygen atoms in total. The summed E-state index contributed by atoms with van der Waals surface area (Å²) in [5, 5.41) is 19.2. The number of benzene rings is 2. The van der Waals surface area contributed by atoms with Crippen LogP contribution < -0.4 is 4.74 Å². The minimum absolute atomic E-state index is 0.135. The van der Waals surface area contributed by atoms with E-state index in [0.717, 1.165) is 5.56 Å². The van der Waals surface area contributed by atoms with Crippen LogP contribution in [0.15, 0.2) is 48.5 Å². The summed E-state index contributed by atoms with van der Waals surface area (Å²) in [7, 11) is 3.56. The van der Waals surface area contributed by atoms with E-state index in [9.17, 15) is 10.2 Å². The van der Waals surface area contributed by atoms with Gasteiger partial charge >= 0.3 is 0 Å². The number of nitrogens with zero attached hydrogens (tertiary/aromatic N) is 1. The quantitative estimate of drug-likeness (QED) is 0.825. The van der Waals surface area contributed by atoms with Gasteiger partial charge in [0.2, 0.25) is 0 Å². The first-order valence-corrected chi connectivity index (χ1v) is 7.37. The highest BCUT2D eigenvalue weighted by molar-refractivity contribution is 5.41. The predicted molar refractivity (Wildman–Crippen MR) is 87.0 cm³/mol. The fourth-order valence-electron chi connectivity index (χ4n) is 2.67. The van der Waals surface area contributed by atoms with Crippen LogP contribution in [0.4, 0.5) is 0 Å². The molecule has 0 aliphatic carbocycles. The zero-order valence-corrected chi connectivity index (χ0v) is 13.1. The molecular weight excluding hydrogens is 278 g/mol. The van der Waals surface area contributed by atoms with Crippen LogP contribution in [0.3, 0.4) is 0 Å². The highest BCUT2D eigenvalue weighted by Gasteiger charge is 2.17. The van der Waals surface area contributed by atoms with E-state index in [-0.39, 0.29) is 18.4 Å². The fraction of sp³-hybridized carbons (Fsp3) is 0.333. The highest BCUT2D eigenvalue weighted by atomic mass is 16.5. The summed E-state index contributed by atoms with van der Waals surface area (Å²) < 4.78 is 5.06. The van der Waals surface area contributed by atoms with Crippen LogP contribution >= 0.6 is 0 Å². The van der Waals surface area contributed by atoms with Crippen molar-refractivity contribution in [2.75, 3.05) is 20.8 Å². The van der Waals surface area contributed by atoms with Gasteiger partial charge in [-0.25, -0.2) is 0 Å². The second kappa shape index (κ2) is 7.82. The molecule has 4 heteroatoms. The summed E-state index contributed by atoms with van der Waals surface area (Å²) >= 11 is 0. The average Bonchev–Trinajstić information content (AvgIpc) is 2.53. The molecule has 0 saturated carbocycles. The fourth-order valence-corrected chi connectivity index (χ4v) is 2.67. The van der Waals surface area contributed by atoms with Crippen molar-refractivity contribution in [2.45, 2.75) is 19.0 Å². The number of phenolic OH excluding ortho intramolecular Hbond substituents is 1. The Kier molecular flexibility index (Phi) is 5.81. The third-order valence-corrected chi connectivity index (χ3v) is 3.79. The molecule has 0 spiro atoms. The topological polar surface area (TPSA) is 52.9 Å². The number of aliphatic hydroxyl groups excluding tert-OH is 1. The maximum atomic E-state index is 9.88. The van der Waals surface area contributed by atoms with Gasteiger partial charge in [0.1, 0.15) is 0 Å². The summed E-state index contributed by atoms with van der Waals surface area (Å²) in [5.41, 5.74) is 2.18. The first kappa shape index (κ1) is 16.3. The first-order chi connectivity index (χ1) is 10.7. The van der Waals surface area contributed by atoms with Crippen LogP contribution in [0, 0.1) is 0 Å². The Hall–Kier alpha value is -2.04. The molecule has 0 aliphatic heterocycles. The van der Waals surface area contributed by atoms with E-state index in [2.05, 4.69) is 17.0 Å². The van der Waals surface area contributed by atoms with Gasteiger partial charge in [0, 0.05) is 19.2 Å². The minimum atomic E-state index is 0.135. The number of ether oxygens (including phenoxy) is 1. The second-order valence-corrected chi connectivity index (χ2v) is 5.36. The van der Waals surface area contributed by atoms with Crippen molar-refractivity contribution in [3.05, 3.63) is 59.7 Å². The van der Waals surface area contributed by atoms with E-state index in [4.69, 9.17) is 4.74 Å². The van der Waals surface area contributed by atoms with Gasteiger partial charge in [-0.1, -0.05) is 36.4 Å². The van der Waals surface area contributed by atoms with Gasteiger partial charge in [0.05, 0.1) is 7.11 Å². The lowest BCUT2D eigenvalue weighted by Gasteiger charge is -2.28. The third kappa shape index (κ3) is 4.00. The lowest BCUT2D eigenvalue weighted by molar-refractivity contribution is 0.180. The summed E-state index contributed by atoms with van der Waals surface area (Å²) in [6.45, 7) is 0.814. The van der Waals surface area contributed by atoms with Crippen LogP contribution in [0.25, 0.3) is 0 Å². The highest BCUT2D eigenvalue weighted by Crippen LogP contribution is 2.29. The van der Waals surface area contributed by atoms with Crippen molar-refractivity contribution < 1.29 is 14.9 Å². The summed E-state index contributed by atoms with van der Waals surface area (Å²) in [6, 6.07) is 15.7. The Morgan fingerprint density at radius 2 is 1.86 bits per heavy atom. The molecule has 22 heavy (non-hydrogen) atoms. The van der Waals surface area contributed by atoms with Crippen molar-refractivity contribution in [1.29, 1.82) is 0 Å². The number of phenols is 1. The smallest absolute Gasteiger partial charge is 0.160 e. The van der Waals surface area contributed by atoms with Gasteiger partial charge in [-0.2, -0.15) is 0 Å². The van der Waals surface area contributed by atoms with Crippen LogP contribution in [0.1, 0.15) is 23.6 Å². The van der Waals surface area contributed by atoms with Gasteiger partial charge in [0.25, 0.3) is 0 Å². The molecule has 0 fully saturated rings. The number of methoxy groups -OCH3 is 1. The Balaban J connectivity index is 2.14. The number of hydrogen-bond donors (Lipinski definition) is 2. The van der Waals surface area contributed by atoms with E-state index in [1.165, 1.54) is 12.7 Å². The zero-order valence-electron chi connectivity index (χ0n) is 13.1. The molecule has 0 heterocycles. The van der Waals surface area contributed by atoms with E-state index in [1.807, 2.05) is 31.3 Å². The molecule has 0 aromatic heterocycles. The van der Waals surface area contributed by atoms with E-state index in [0.29, 0.717) is 18.7 Å². The molecule has 0 aliphatic rings. The van der Waals surface area contributed by atoms with Crippen LogP contribution in [0.2, 0.25) is 0 Å². The zero-order chi connectivity index (χ0) is 15.9. The van der Waals surface area contributed by atoms with E-state index >= 15 is 0 Å². The molecule has 2 aromatic carbocycles. The minimum Gasteiger partial charge on any atom is -0.504 e. The Bertz CT molecular complexity index is 586. The SMILES string of the molecule is COc1ccc(CN(C)C(CCO)c2ccccc2)cc1O. The molecule has 1 unspecified atom stereocenters. The van der Waals surface area contributed by atoms with Gasteiger partial charge in [-0.3, -0.25) is 4.90 Å². The average molecular weight is 301 g/mol. The lowest BCUT2D eigenvalue weighted by atomic mass is 10.0. The monoisotopic (exact) mass is 301 g/mol. The van der Waals surface area contributed by atoms with Crippen LogP contribution in [-0.2, 0) is 6.54 Å². The number of aliphatic hydroxyl groups is 1. The molecule has 2 aromatic rings. The van der Waals surface area contributed by atoms with Gasteiger partial charge in [0.15, 0.2) is 11.5 Å².